The van der Waals surface area contributed by atoms with Crippen molar-refractivity contribution in [2.24, 2.45) is 7.05 Å². The SMILES string of the molecule is CCO[C@H]1CN(C(=S)NC)CC1Nc1c(CC)nc(-c2ccc(Cl)cc2Cl)c(=O)n1C. The average molecular weight is 484 g/mol. The second-order valence-corrected chi connectivity index (χ2v) is 8.53. The Bertz CT molecular complexity index is 1030. The van der Waals surface area contributed by atoms with Crippen LogP contribution in [0.15, 0.2) is 23.0 Å². The number of likely N-dealkylation sites (tertiary alicyclic amines) is 1. The molecule has 0 saturated carbocycles. The van der Waals surface area contributed by atoms with E-state index in [4.69, 9.17) is 40.2 Å². The number of benzene rings is 1. The van der Waals surface area contributed by atoms with E-state index in [0.29, 0.717) is 58.4 Å². The summed E-state index contributed by atoms with van der Waals surface area (Å²) in [4.78, 5) is 19.9. The largest absolute Gasteiger partial charge is 0.374 e. The van der Waals surface area contributed by atoms with Crippen molar-refractivity contribution in [3.63, 3.8) is 0 Å². The van der Waals surface area contributed by atoms with E-state index >= 15 is 0 Å². The first-order chi connectivity index (χ1) is 14.8. The molecule has 168 valence electrons. The molecule has 31 heavy (non-hydrogen) atoms. The number of hydrogen-bond donors (Lipinski definition) is 2. The standard InChI is InChI=1S/C21H27Cl2N5O2S/c1-5-15-19(26-16-10-28(21(31)24-3)11-17(16)30-6-2)27(4)20(29)18(25-15)13-8-7-12(22)9-14(13)23/h7-9,16-17,26H,5-6,10-11H2,1-4H3,(H,24,31)/t16?,17-/m0/s1. The van der Waals surface area contributed by atoms with E-state index in [0.717, 1.165) is 5.69 Å². The fourth-order valence-corrected chi connectivity index (χ4v) is 4.42. The number of aromatic nitrogens is 2. The molecule has 1 fully saturated rings. The molecule has 2 N–H and O–H groups in total. The monoisotopic (exact) mass is 483 g/mol. The second kappa shape index (κ2) is 10.2. The Morgan fingerprint density at radius 3 is 2.68 bits per heavy atom. The van der Waals surface area contributed by atoms with Crippen molar-refractivity contribution >= 4 is 46.4 Å². The van der Waals surface area contributed by atoms with Gasteiger partial charge in [0.15, 0.2) is 5.11 Å². The summed E-state index contributed by atoms with van der Waals surface area (Å²) in [6.45, 7) is 5.89. The van der Waals surface area contributed by atoms with E-state index < -0.39 is 0 Å². The Labute approximate surface area is 197 Å². The quantitative estimate of drug-likeness (QED) is 0.610. The molecule has 1 aromatic heterocycles. The van der Waals surface area contributed by atoms with Crippen LogP contribution in [-0.4, -0.2) is 58.5 Å². The van der Waals surface area contributed by atoms with Gasteiger partial charge in [0, 0.05) is 44.4 Å². The molecule has 2 heterocycles. The van der Waals surface area contributed by atoms with Crippen molar-refractivity contribution in [2.45, 2.75) is 32.4 Å². The minimum Gasteiger partial charge on any atom is -0.374 e. The van der Waals surface area contributed by atoms with E-state index in [9.17, 15) is 4.79 Å². The molecule has 0 aliphatic carbocycles. The number of ether oxygens (including phenoxy) is 1. The molecule has 1 aromatic carbocycles. The van der Waals surface area contributed by atoms with Crippen molar-refractivity contribution in [2.75, 3.05) is 32.1 Å². The first kappa shape index (κ1) is 23.8. The van der Waals surface area contributed by atoms with Gasteiger partial charge in [0.25, 0.3) is 5.56 Å². The maximum absolute atomic E-state index is 13.2. The summed E-state index contributed by atoms with van der Waals surface area (Å²) in [5.74, 6) is 0.674. The molecule has 2 atom stereocenters. The summed E-state index contributed by atoms with van der Waals surface area (Å²) in [7, 11) is 3.54. The summed E-state index contributed by atoms with van der Waals surface area (Å²) in [6.07, 6.45) is 0.570. The van der Waals surface area contributed by atoms with Gasteiger partial charge in [-0.3, -0.25) is 9.36 Å². The number of thiocarbonyl (C=S) groups is 1. The van der Waals surface area contributed by atoms with E-state index in [-0.39, 0.29) is 17.7 Å². The van der Waals surface area contributed by atoms with Gasteiger partial charge in [0.2, 0.25) is 0 Å². The van der Waals surface area contributed by atoms with E-state index in [1.807, 2.05) is 20.9 Å². The maximum Gasteiger partial charge on any atom is 0.278 e. The van der Waals surface area contributed by atoms with Crippen LogP contribution in [0.3, 0.4) is 0 Å². The van der Waals surface area contributed by atoms with Gasteiger partial charge in [-0.25, -0.2) is 4.98 Å². The lowest BCUT2D eigenvalue weighted by atomic mass is 10.1. The molecule has 0 amide bonds. The van der Waals surface area contributed by atoms with Crippen molar-refractivity contribution in [3.05, 3.63) is 44.3 Å². The van der Waals surface area contributed by atoms with Crippen LogP contribution in [0.25, 0.3) is 11.3 Å². The third kappa shape index (κ3) is 4.98. The Morgan fingerprint density at radius 2 is 2.06 bits per heavy atom. The van der Waals surface area contributed by atoms with Crippen LogP contribution in [0.4, 0.5) is 5.82 Å². The molecule has 0 radical (unpaired) electrons. The number of rotatable bonds is 6. The molecule has 0 bridgehead atoms. The number of aryl methyl sites for hydroxylation is 1. The lowest BCUT2D eigenvalue weighted by Crippen LogP contribution is -2.38. The highest BCUT2D eigenvalue weighted by atomic mass is 35.5. The van der Waals surface area contributed by atoms with Crippen LogP contribution >= 0.6 is 35.4 Å². The normalized spacial score (nSPS) is 18.3. The predicted octanol–water partition coefficient (Wildman–Crippen LogP) is 3.32. The summed E-state index contributed by atoms with van der Waals surface area (Å²) in [6, 6.07) is 4.99. The zero-order valence-corrected chi connectivity index (χ0v) is 20.4. The summed E-state index contributed by atoms with van der Waals surface area (Å²) in [5, 5.41) is 8.09. The van der Waals surface area contributed by atoms with Gasteiger partial charge in [0.05, 0.1) is 22.9 Å². The fraction of sp³-hybridized carbons (Fsp3) is 0.476. The molecule has 2 aromatic rings. The highest BCUT2D eigenvalue weighted by Gasteiger charge is 2.35. The molecule has 10 heteroatoms. The van der Waals surface area contributed by atoms with Crippen LogP contribution in [0, 0.1) is 0 Å². The van der Waals surface area contributed by atoms with Gasteiger partial charge in [-0.15, -0.1) is 0 Å². The summed E-state index contributed by atoms with van der Waals surface area (Å²) >= 11 is 17.8. The molecule has 1 unspecified atom stereocenters. The highest BCUT2D eigenvalue weighted by Crippen LogP contribution is 2.29. The van der Waals surface area contributed by atoms with Crippen LogP contribution in [0.1, 0.15) is 19.5 Å². The van der Waals surface area contributed by atoms with E-state index in [2.05, 4.69) is 20.5 Å². The molecule has 1 aliphatic rings. The number of nitrogens with zero attached hydrogens (tertiary/aromatic N) is 3. The van der Waals surface area contributed by atoms with Gasteiger partial charge in [0.1, 0.15) is 11.5 Å². The number of anilines is 1. The number of nitrogens with one attached hydrogen (secondary N) is 2. The summed E-state index contributed by atoms with van der Waals surface area (Å²) in [5.41, 5.74) is 1.40. The van der Waals surface area contributed by atoms with Crippen LogP contribution in [0.2, 0.25) is 10.0 Å². The van der Waals surface area contributed by atoms with Crippen LogP contribution in [-0.2, 0) is 18.2 Å². The Balaban J connectivity index is 1.99. The van der Waals surface area contributed by atoms with E-state index in [1.165, 1.54) is 0 Å². The smallest absolute Gasteiger partial charge is 0.278 e. The lowest BCUT2D eigenvalue weighted by Gasteiger charge is -2.24. The van der Waals surface area contributed by atoms with Crippen LogP contribution in [0.5, 0.6) is 0 Å². The van der Waals surface area contributed by atoms with Gasteiger partial charge < -0.3 is 20.3 Å². The van der Waals surface area contributed by atoms with Gasteiger partial charge >= 0.3 is 0 Å². The Morgan fingerprint density at radius 1 is 1.32 bits per heavy atom. The topological polar surface area (TPSA) is 71.4 Å². The molecule has 7 nitrogen and oxygen atoms in total. The minimum atomic E-state index is -0.238. The fourth-order valence-electron chi connectivity index (χ4n) is 3.77. The first-order valence-electron chi connectivity index (χ1n) is 10.2. The van der Waals surface area contributed by atoms with Crippen molar-refractivity contribution in [1.29, 1.82) is 0 Å². The van der Waals surface area contributed by atoms with Crippen molar-refractivity contribution in [3.8, 4) is 11.3 Å². The third-order valence-corrected chi connectivity index (χ3v) is 6.36. The van der Waals surface area contributed by atoms with E-state index in [1.54, 1.807) is 29.8 Å². The van der Waals surface area contributed by atoms with Gasteiger partial charge in [-0.05, 0) is 43.8 Å². The molecular formula is C21H27Cl2N5O2S. The minimum absolute atomic E-state index is 0.0473. The predicted molar refractivity (Wildman–Crippen MR) is 130 cm³/mol. The second-order valence-electron chi connectivity index (χ2n) is 7.30. The van der Waals surface area contributed by atoms with Crippen molar-refractivity contribution in [1.82, 2.24) is 19.8 Å². The summed E-state index contributed by atoms with van der Waals surface area (Å²) < 4.78 is 7.54. The van der Waals surface area contributed by atoms with Crippen LogP contribution < -0.4 is 16.2 Å². The number of halogens is 2. The third-order valence-electron chi connectivity index (χ3n) is 5.35. The van der Waals surface area contributed by atoms with Crippen molar-refractivity contribution < 1.29 is 4.74 Å². The molecule has 0 spiro atoms. The molecule has 3 rings (SSSR count). The molecular weight excluding hydrogens is 457 g/mol. The van der Waals surface area contributed by atoms with Gasteiger partial charge in [-0.1, -0.05) is 30.1 Å². The van der Waals surface area contributed by atoms with Gasteiger partial charge in [-0.2, -0.15) is 0 Å². The lowest BCUT2D eigenvalue weighted by molar-refractivity contribution is 0.0671. The number of hydrogen-bond acceptors (Lipinski definition) is 5. The highest BCUT2D eigenvalue weighted by molar-refractivity contribution is 7.80. The average Bonchev–Trinajstić information content (AvgIpc) is 3.14. The Kier molecular flexibility index (Phi) is 7.80. The maximum atomic E-state index is 13.2. The molecule has 1 aliphatic heterocycles. The Hall–Kier alpha value is -1.87. The first-order valence-corrected chi connectivity index (χ1v) is 11.4. The zero-order chi connectivity index (χ0) is 22.7. The molecule has 1 saturated heterocycles. The zero-order valence-electron chi connectivity index (χ0n) is 18.0.